The average Bonchev–Trinajstić information content (AvgIpc) is 2.81. The predicted molar refractivity (Wildman–Crippen MR) is 82.4 cm³/mol. The molecule has 21 heavy (non-hydrogen) atoms. The summed E-state index contributed by atoms with van der Waals surface area (Å²) in [6.45, 7) is 4.23. The summed E-state index contributed by atoms with van der Waals surface area (Å²) in [7, 11) is 4.02. The van der Waals surface area contributed by atoms with Crippen molar-refractivity contribution in [3.05, 3.63) is 0 Å². The quantitative estimate of drug-likeness (QED) is 0.716. The lowest BCUT2D eigenvalue weighted by Crippen LogP contribution is -2.53. The van der Waals surface area contributed by atoms with E-state index in [0.717, 1.165) is 38.6 Å². The Morgan fingerprint density at radius 2 is 1.81 bits per heavy atom. The first-order valence-electron chi connectivity index (χ1n) is 7.82. The summed E-state index contributed by atoms with van der Waals surface area (Å²) in [6, 6.07) is -0.126. The molecule has 0 atom stereocenters. The highest BCUT2D eigenvalue weighted by atomic mass is 16.4. The van der Waals surface area contributed by atoms with Gasteiger partial charge in [0.1, 0.15) is 0 Å². The van der Waals surface area contributed by atoms with Gasteiger partial charge in [0.25, 0.3) is 0 Å². The van der Waals surface area contributed by atoms with E-state index in [1.165, 1.54) is 0 Å². The largest absolute Gasteiger partial charge is 0.481 e. The summed E-state index contributed by atoms with van der Waals surface area (Å²) in [6.07, 6.45) is 4.44. The molecule has 0 bridgehead atoms. The zero-order valence-electron chi connectivity index (χ0n) is 13.5. The minimum absolute atomic E-state index is 0.0218. The lowest BCUT2D eigenvalue weighted by atomic mass is 9.93. The van der Waals surface area contributed by atoms with Gasteiger partial charge in [-0.1, -0.05) is 12.8 Å². The van der Waals surface area contributed by atoms with Crippen molar-refractivity contribution in [2.75, 3.05) is 33.7 Å². The third-order valence-electron chi connectivity index (χ3n) is 4.12. The van der Waals surface area contributed by atoms with Crippen LogP contribution in [0.2, 0.25) is 0 Å². The van der Waals surface area contributed by atoms with Gasteiger partial charge in [-0.2, -0.15) is 0 Å². The fourth-order valence-electron chi connectivity index (χ4n) is 2.97. The average molecular weight is 299 g/mol. The molecule has 1 rings (SSSR count). The molecule has 1 aliphatic rings. The molecular weight excluding hydrogens is 270 g/mol. The van der Waals surface area contributed by atoms with Crippen LogP contribution in [0.1, 0.15) is 45.4 Å². The third-order valence-corrected chi connectivity index (χ3v) is 4.12. The maximum atomic E-state index is 12.4. The Labute approximate surface area is 127 Å². The molecule has 2 N–H and O–H groups in total. The number of hydrogen-bond donors (Lipinski definition) is 2. The van der Waals surface area contributed by atoms with E-state index in [9.17, 15) is 9.59 Å². The van der Waals surface area contributed by atoms with E-state index in [0.29, 0.717) is 13.1 Å². The fourth-order valence-corrected chi connectivity index (χ4v) is 2.97. The molecular formula is C15H29N3O3. The molecule has 0 saturated heterocycles. The first-order valence-corrected chi connectivity index (χ1v) is 7.82. The fraction of sp³-hybridized carbons (Fsp3) is 0.867. The van der Waals surface area contributed by atoms with Crippen molar-refractivity contribution >= 4 is 12.0 Å². The van der Waals surface area contributed by atoms with Crippen LogP contribution in [0.4, 0.5) is 4.79 Å². The van der Waals surface area contributed by atoms with Gasteiger partial charge in [-0.3, -0.25) is 4.79 Å². The molecule has 0 radical (unpaired) electrons. The highest BCUT2D eigenvalue weighted by Gasteiger charge is 2.38. The summed E-state index contributed by atoms with van der Waals surface area (Å²) in [5.41, 5.74) is -0.544. The van der Waals surface area contributed by atoms with Crippen molar-refractivity contribution < 1.29 is 14.7 Å². The smallest absolute Gasteiger partial charge is 0.317 e. The van der Waals surface area contributed by atoms with E-state index in [2.05, 4.69) is 10.2 Å². The van der Waals surface area contributed by atoms with Gasteiger partial charge in [-0.05, 0) is 46.8 Å². The normalized spacial score (nSPS) is 17.0. The van der Waals surface area contributed by atoms with Crippen LogP contribution in [0.5, 0.6) is 0 Å². The van der Waals surface area contributed by atoms with Crippen molar-refractivity contribution in [3.8, 4) is 0 Å². The van der Waals surface area contributed by atoms with Crippen LogP contribution >= 0.6 is 0 Å². The van der Waals surface area contributed by atoms with Crippen molar-refractivity contribution in [2.24, 2.45) is 0 Å². The van der Waals surface area contributed by atoms with Gasteiger partial charge >= 0.3 is 12.0 Å². The second-order valence-electron chi connectivity index (χ2n) is 6.22. The number of hydrogen-bond acceptors (Lipinski definition) is 3. The van der Waals surface area contributed by atoms with Gasteiger partial charge in [0.2, 0.25) is 0 Å². The topological polar surface area (TPSA) is 72.9 Å². The van der Waals surface area contributed by atoms with Crippen molar-refractivity contribution in [1.82, 2.24) is 15.1 Å². The Morgan fingerprint density at radius 3 is 2.29 bits per heavy atom. The maximum Gasteiger partial charge on any atom is 0.317 e. The summed E-state index contributed by atoms with van der Waals surface area (Å²) >= 11 is 0. The van der Waals surface area contributed by atoms with Crippen LogP contribution in [0.3, 0.4) is 0 Å². The summed E-state index contributed by atoms with van der Waals surface area (Å²) in [4.78, 5) is 27.3. The van der Waals surface area contributed by atoms with E-state index in [1.54, 1.807) is 4.90 Å². The second kappa shape index (κ2) is 8.22. The molecule has 1 saturated carbocycles. The molecule has 1 fully saturated rings. The van der Waals surface area contributed by atoms with Gasteiger partial charge in [0.15, 0.2) is 0 Å². The van der Waals surface area contributed by atoms with Crippen LogP contribution in [-0.2, 0) is 4.79 Å². The number of urea groups is 1. The molecule has 0 aliphatic heterocycles. The van der Waals surface area contributed by atoms with Crippen LogP contribution in [-0.4, -0.2) is 66.2 Å². The van der Waals surface area contributed by atoms with E-state index in [-0.39, 0.29) is 12.5 Å². The van der Waals surface area contributed by atoms with Crippen LogP contribution in [0.25, 0.3) is 0 Å². The lowest BCUT2D eigenvalue weighted by Gasteiger charge is -2.32. The number of carboxylic acid groups (broad SMARTS) is 1. The Balaban J connectivity index is 2.56. The molecule has 6 heteroatoms. The molecule has 0 heterocycles. The highest BCUT2D eigenvalue weighted by Crippen LogP contribution is 2.32. The number of nitrogens with zero attached hydrogens (tertiary/aromatic N) is 2. The molecule has 0 aromatic rings. The molecule has 0 unspecified atom stereocenters. The second-order valence-corrected chi connectivity index (χ2v) is 6.22. The highest BCUT2D eigenvalue weighted by molar-refractivity contribution is 5.77. The van der Waals surface area contributed by atoms with Gasteiger partial charge in [0.05, 0.1) is 12.0 Å². The van der Waals surface area contributed by atoms with Gasteiger partial charge in [-0.25, -0.2) is 4.79 Å². The third kappa shape index (κ3) is 5.91. The predicted octanol–water partition coefficient (Wildman–Crippen LogP) is 1.76. The van der Waals surface area contributed by atoms with Crippen molar-refractivity contribution in [1.29, 1.82) is 0 Å². The van der Waals surface area contributed by atoms with Crippen molar-refractivity contribution in [2.45, 2.75) is 51.0 Å². The first-order chi connectivity index (χ1) is 9.88. The number of aliphatic carboxylic acids is 1. The number of amides is 2. The molecule has 122 valence electrons. The minimum atomic E-state index is -0.840. The number of nitrogens with one attached hydrogen (secondary N) is 1. The molecule has 2 amide bonds. The van der Waals surface area contributed by atoms with Crippen LogP contribution in [0, 0.1) is 0 Å². The van der Waals surface area contributed by atoms with Gasteiger partial charge in [0, 0.05) is 13.1 Å². The standard InChI is InChI=1S/C15H29N3O3/c1-4-18(11-7-10-17(2)3)14(21)16-15(12-13(19)20)8-5-6-9-15/h4-12H2,1-3H3,(H,16,21)(H,19,20). The zero-order valence-corrected chi connectivity index (χ0v) is 13.5. The van der Waals surface area contributed by atoms with E-state index in [4.69, 9.17) is 5.11 Å². The molecule has 0 spiro atoms. The molecule has 1 aliphatic carbocycles. The number of carbonyl (C=O) groups excluding carboxylic acids is 1. The number of carbonyl (C=O) groups is 2. The molecule has 0 aromatic carbocycles. The molecule has 6 nitrogen and oxygen atoms in total. The SMILES string of the molecule is CCN(CCCN(C)C)C(=O)NC1(CC(=O)O)CCCC1. The molecule has 0 aromatic heterocycles. The zero-order chi connectivity index (χ0) is 15.9. The van der Waals surface area contributed by atoms with E-state index < -0.39 is 11.5 Å². The Hall–Kier alpha value is -1.30. The Kier molecular flexibility index (Phi) is 6.95. The van der Waals surface area contributed by atoms with Crippen molar-refractivity contribution in [3.63, 3.8) is 0 Å². The monoisotopic (exact) mass is 299 g/mol. The van der Waals surface area contributed by atoms with Gasteiger partial charge in [-0.15, -0.1) is 0 Å². The van der Waals surface area contributed by atoms with E-state index >= 15 is 0 Å². The summed E-state index contributed by atoms with van der Waals surface area (Å²) in [5, 5.41) is 12.1. The summed E-state index contributed by atoms with van der Waals surface area (Å²) in [5.74, 6) is -0.840. The summed E-state index contributed by atoms with van der Waals surface area (Å²) < 4.78 is 0. The van der Waals surface area contributed by atoms with Crippen LogP contribution in [0.15, 0.2) is 0 Å². The number of carboxylic acids is 1. The number of rotatable bonds is 8. The van der Waals surface area contributed by atoms with Crippen LogP contribution < -0.4 is 5.32 Å². The Bertz CT molecular complexity index is 352. The van der Waals surface area contributed by atoms with E-state index in [1.807, 2.05) is 21.0 Å². The lowest BCUT2D eigenvalue weighted by molar-refractivity contribution is -0.138. The maximum absolute atomic E-state index is 12.4. The minimum Gasteiger partial charge on any atom is -0.481 e. The van der Waals surface area contributed by atoms with Gasteiger partial charge < -0.3 is 20.2 Å². The first kappa shape index (κ1) is 17.8. The Morgan fingerprint density at radius 1 is 1.19 bits per heavy atom.